The molecule has 3 rings (SSSR count). The molecule has 1 heteroatoms. The molecule has 2 aromatic carbocycles. The Labute approximate surface area is 121 Å². The Kier molecular flexibility index (Phi) is 3.88. The van der Waals surface area contributed by atoms with Crippen LogP contribution in [0.15, 0.2) is 60.7 Å². The predicted octanol–water partition coefficient (Wildman–Crippen LogP) is 4.59. The molecule has 104 valence electrons. The predicted molar refractivity (Wildman–Crippen MR) is 84.6 cm³/mol. The summed E-state index contributed by atoms with van der Waals surface area (Å²) in [6, 6.07) is 21.6. The van der Waals surface area contributed by atoms with Crippen molar-refractivity contribution in [1.29, 1.82) is 0 Å². The molecule has 0 aromatic heterocycles. The van der Waals surface area contributed by atoms with Gasteiger partial charge in [-0.05, 0) is 24.0 Å². The molecule has 0 spiro atoms. The topological polar surface area (TPSA) is 26.0 Å². The summed E-state index contributed by atoms with van der Waals surface area (Å²) in [6.45, 7) is 0. The largest absolute Gasteiger partial charge is 0.323 e. The molecule has 1 saturated carbocycles. The van der Waals surface area contributed by atoms with Crippen LogP contribution in [0, 0.1) is 0 Å². The van der Waals surface area contributed by atoms with Gasteiger partial charge in [0.05, 0.1) is 0 Å². The third-order valence-corrected chi connectivity index (χ3v) is 4.85. The van der Waals surface area contributed by atoms with Crippen molar-refractivity contribution < 1.29 is 0 Å². The van der Waals surface area contributed by atoms with Crippen molar-refractivity contribution in [1.82, 2.24) is 0 Å². The third-order valence-electron chi connectivity index (χ3n) is 4.85. The molecule has 1 atom stereocenters. The summed E-state index contributed by atoms with van der Waals surface area (Å²) in [5, 5.41) is 0. The number of nitrogens with two attached hydrogens (primary N) is 1. The Morgan fingerprint density at radius 3 is 1.90 bits per heavy atom. The lowest BCUT2D eigenvalue weighted by Crippen LogP contribution is -2.40. The van der Waals surface area contributed by atoms with Crippen molar-refractivity contribution >= 4 is 0 Å². The fourth-order valence-electron chi connectivity index (χ4n) is 3.71. The molecule has 1 fully saturated rings. The van der Waals surface area contributed by atoms with E-state index >= 15 is 0 Å². The van der Waals surface area contributed by atoms with E-state index in [-0.39, 0.29) is 11.5 Å². The first-order valence-electron chi connectivity index (χ1n) is 7.69. The minimum absolute atomic E-state index is 0.0893. The highest BCUT2D eigenvalue weighted by molar-refractivity contribution is 5.33. The standard InChI is InChI=1S/C19H23N/c20-18(16-10-4-1-5-11-16)19(14-8-3-9-15-19)17-12-6-2-7-13-17/h1-2,4-7,10-13,18H,3,8-9,14-15,20H2/t18-/m0/s1. The number of hydrogen-bond acceptors (Lipinski definition) is 1. The van der Waals surface area contributed by atoms with Crippen LogP contribution >= 0.6 is 0 Å². The van der Waals surface area contributed by atoms with E-state index in [1.54, 1.807) is 0 Å². The Balaban J connectivity index is 2.02. The van der Waals surface area contributed by atoms with Gasteiger partial charge in [0.15, 0.2) is 0 Å². The maximum atomic E-state index is 6.74. The van der Waals surface area contributed by atoms with E-state index in [1.165, 1.54) is 43.2 Å². The average Bonchev–Trinajstić information content (AvgIpc) is 2.56. The van der Waals surface area contributed by atoms with Crippen molar-refractivity contribution in [2.45, 2.75) is 43.6 Å². The highest BCUT2D eigenvalue weighted by atomic mass is 14.7. The molecular formula is C19H23N. The molecule has 0 radical (unpaired) electrons. The monoisotopic (exact) mass is 265 g/mol. The maximum absolute atomic E-state index is 6.74. The molecule has 2 N–H and O–H groups in total. The van der Waals surface area contributed by atoms with Gasteiger partial charge in [0.25, 0.3) is 0 Å². The zero-order valence-electron chi connectivity index (χ0n) is 12.0. The summed E-state index contributed by atoms with van der Waals surface area (Å²) in [4.78, 5) is 0. The molecule has 20 heavy (non-hydrogen) atoms. The smallest absolute Gasteiger partial charge is 0.0393 e. The van der Waals surface area contributed by atoms with Crippen LogP contribution in [0.4, 0.5) is 0 Å². The zero-order valence-corrected chi connectivity index (χ0v) is 12.0. The molecule has 0 aliphatic heterocycles. The minimum Gasteiger partial charge on any atom is -0.323 e. The summed E-state index contributed by atoms with van der Waals surface area (Å²) in [7, 11) is 0. The van der Waals surface area contributed by atoms with E-state index in [9.17, 15) is 0 Å². The van der Waals surface area contributed by atoms with Crippen LogP contribution in [-0.4, -0.2) is 0 Å². The molecule has 2 aromatic rings. The summed E-state index contributed by atoms with van der Waals surface area (Å²) in [5.74, 6) is 0. The van der Waals surface area contributed by atoms with Gasteiger partial charge in [-0.15, -0.1) is 0 Å². The first kappa shape index (κ1) is 13.4. The second kappa shape index (κ2) is 5.80. The summed E-state index contributed by atoms with van der Waals surface area (Å²) >= 11 is 0. The molecule has 1 aliphatic rings. The Bertz CT molecular complexity index is 526. The Morgan fingerprint density at radius 1 is 0.750 bits per heavy atom. The van der Waals surface area contributed by atoms with Crippen molar-refractivity contribution in [3.05, 3.63) is 71.8 Å². The van der Waals surface area contributed by atoms with E-state index in [1.807, 2.05) is 0 Å². The zero-order chi connectivity index (χ0) is 13.8. The summed E-state index contributed by atoms with van der Waals surface area (Å²) in [6.07, 6.45) is 6.32. The average molecular weight is 265 g/mol. The Hall–Kier alpha value is -1.60. The lowest BCUT2D eigenvalue weighted by atomic mass is 9.63. The number of benzene rings is 2. The van der Waals surface area contributed by atoms with E-state index in [2.05, 4.69) is 60.7 Å². The van der Waals surface area contributed by atoms with E-state index < -0.39 is 0 Å². The highest BCUT2D eigenvalue weighted by Crippen LogP contribution is 2.46. The first-order chi connectivity index (χ1) is 9.83. The van der Waals surface area contributed by atoms with Crippen LogP contribution in [0.1, 0.15) is 49.3 Å². The highest BCUT2D eigenvalue weighted by Gasteiger charge is 2.39. The van der Waals surface area contributed by atoms with Gasteiger partial charge >= 0.3 is 0 Å². The van der Waals surface area contributed by atoms with Crippen molar-refractivity contribution in [2.24, 2.45) is 5.73 Å². The van der Waals surface area contributed by atoms with Crippen LogP contribution in [0.2, 0.25) is 0 Å². The lowest BCUT2D eigenvalue weighted by Gasteiger charge is -2.43. The van der Waals surface area contributed by atoms with Crippen molar-refractivity contribution in [2.75, 3.05) is 0 Å². The second-order valence-corrected chi connectivity index (χ2v) is 5.97. The van der Waals surface area contributed by atoms with Gasteiger partial charge in [0.1, 0.15) is 0 Å². The van der Waals surface area contributed by atoms with Gasteiger partial charge in [-0.25, -0.2) is 0 Å². The van der Waals surface area contributed by atoms with Crippen molar-refractivity contribution in [3.8, 4) is 0 Å². The van der Waals surface area contributed by atoms with E-state index in [0.717, 1.165) is 0 Å². The molecule has 0 unspecified atom stereocenters. The van der Waals surface area contributed by atoms with Crippen LogP contribution in [0.3, 0.4) is 0 Å². The van der Waals surface area contributed by atoms with Gasteiger partial charge in [0.2, 0.25) is 0 Å². The second-order valence-electron chi connectivity index (χ2n) is 5.97. The molecule has 1 nitrogen and oxygen atoms in total. The SMILES string of the molecule is N[C@@H](c1ccccc1)C1(c2ccccc2)CCCCC1. The number of rotatable bonds is 3. The fourth-order valence-corrected chi connectivity index (χ4v) is 3.71. The van der Waals surface area contributed by atoms with Gasteiger partial charge in [-0.3, -0.25) is 0 Å². The molecule has 0 bridgehead atoms. The van der Waals surface area contributed by atoms with Gasteiger partial charge in [-0.2, -0.15) is 0 Å². The maximum Gasteiger partial charge on any atom is 0.0393 e. The molecule has 0 saturated heterocycles. The van der Waals surface area contributed by atoms with E-state index in [0.29, 0.717) is 0 Å². The van der Waals surface area contributed by atoms with Gasteiger partial charge in [0, 0.05) is 11.5 Å². The molecule has 1 aliphatic carbocycles. The summed E-state index contributed by atoms with van der Waals surface area (Å²) in [5.41, 5.74) is 9.52. The van der Waals surface area contributed by atoms with Crippen LogP contribution < -0.4 is 5.73 Å². The first-order valence-corrected chi connectivity index (χ1v) is 7.69. The Morgan fingerprint density at radius 2 is 1.30 bits per heavy atom. The molecular weight excluding hydrogens is 242 g/mol. The van der Waals surface area contributed by atoms with Crippen LogP contribution in [-0.2, 0) is 5.41 Å². The number of hydrogen-bond donors (Lipinski definition) is 1. The normalized spacial score (nSPS) is 19.4. The van der Waals surface area contributed by atoms with Crippen LogP contribution in [0.25, 0.3) is 0 Å². The minimum atomic E-state index is 0.0893. The third kappa shape index (κ3) is 2.38. The van der Waals surface area contributed by atoms with E-state index in [4.69, 9.17) is 5.73 Å². The van der Waals surface area contributed by atoms with Gasteiger partial charge < -0.3 is 5.73 Å². The van der Waals surface area contributed by atoms with Gasteiger partial charge in [-0.1, -0.05) is 79.9 Å². The fraction of sp³-hybridized carbons (Fsp3) is 0.368. The van der Waals surface area contributed by atoms with Crippen LogP contribution in [0.5, 0.6) is 0 Å². The lowest BCUT2D eigenvalue weighted by molar-refractivity contribution is 0.244. The van der Waals surface area contributed by atoms with Crippen molar-refractivity contribution in [3.63, 3.8) is 0 Å². The quantitative estimate of drug-likeness (QED) is 0.863. The summed E-state index contributed by atoms with van der Waals surface area (Å²) < 4.78 is 0. The molecule has 0 heterocycles. The molecule has 0 amide bonds.